The predicted molar refractivity (Wildman–Crippen MR) is 67.0 cm³/mol. The van der Waals surface area contributed by atoms with Crippen molar-refractivity contribution >= 4 is 11.9 Å². The van der Waals surface area contributed by atoms with Gasteiger partial charge in [0.1, 0.15) is 0 Å². The Labute approximate surface area is 107 Å². The van der Waals surface area contributed by atoms with E-state index >= 15 is 0 Å². The van der Waals surface area contributed by atoms with Crippen LogP contribution in [0.4, 0.5) is 6.01 Å². The van der Waals surface area contributed by atoms with Gasteiger partial charge in [0.2, 0.25) is 11.8 Å². The van der Waals surface area contributed by atoms with Gasteiger partial charge in [-0.25, -0.2) is 0 Å². The number of carbonyl (C=O) groups excluding carboxylic acids is 1. The number of nitrogens with one attached hydrogen (secondary N) is 2. The van der Waals surface area contributed by atoms with Crippen molar-refractivity contribution < 1.29 is 9.21 Å². The SMILES string of the molecule is CCC(C)(C)C(=O)Nc1nnc(C2CCCN2)o1. The third-order valence-corrected chi connectivity index (χ3v) is 3.52. The molecule has 2 heterocycles. The molecule has 100 valence electrons. The first-order valence-electron chi connectivity index (χ1n) is 6.41. The van der Waals surface area contributed by atoms with E-state index in [-0.39, 0.29) is 18.0 Å². The summed E-state index contributed by atoms with van der Waals surface area (Å²) in [6.45, 7) is 6.72. The van der Waals surface area contributed by atoms with Crippen molar-refractivity contribution in [1.82, 2.24) is 15.5 Å². The number of amides is 1. The van der Waals surface area contributed by atoms with E-state index in [2.05, 4.69) is 20.8 Å². The van der Waals surface area contributed by atoms with Crippen LogP contribution >= 0.6 is 0 Å². The summed E-state index contributed by atoms with van der Waals surface area (Å²) in [5.74, 6) is 0.455. The lowest BCUT2D eigenvalue weighted by Crippen LogP contribution is -2.30. The van der Waals surface area contributed by atoms with Crippen LogP contribution in [0.5, 0.6) is 0 Å². The molecule has 2 N–H and O–H groups in total. The van der Waals surface area contributed by atoms with Crippen molar-refractivity contribution in [3.8, 4) is 0 Å². The zero-order chi connectivity index (χ0) is 13.2. The van der Waals surface area contributed by atoms with Gasteiger partial charge in [-0.15, -0.1) is 5.10 Å². The summed E-state index contributed by atoms with van der Waals surface area (Å²) in [4.78, 5) is 11.9. The van der Waals surface area contributed by atoms with Crippen molar-refractivity contribution in [2.45, 2.75) is 46.1 Å². The van der Waals surface area contributed by atoms with Gasteiger partial charge in [0.05, 0.1) is 6.04 Å². The molecule has 6 heteroatoms. The zero-order valence-corrected chi connectivity index (χ0v) is 11.1. The van der Waals surface area contributed by atoms with Gasteiger partial charge in [-0.1, -0.05) is 25.9 Å². The number of aromatic nitrogens is 2. The molecule has 0 saturated carbocycles. The van der Waals surface area contributed by atoms with Gasteiger partial charge in [0.25, 0.3) is 0 Å². The lowest BCUT2D eigenvalue weighted by molar-refractivity contribution is -0.124. The molecule has 0 radical (unpaired) electrons. The maximum absolute atomic E-state index is 11.9. The van der Waals surface area contributed by atoms with Crippen LogP contribution in [-0.4, -0.2) is 22.6 Å². The maximum atomic E-state index is 11.9. The molecule has 1 aromatic heterocycles. The molecule has 0 spiro atoms. The van der Waals surface area contributed by atoms with Crippen LogP contribution < -0.4 is 10.6 Å². The first-order valence-corrected chi connectivity index (χ1v) is 6.41. The molecule has 1 atom stereocenters. The van der Waals surface area contributed by atoms with E-state index in [0.29, 0.717) is 5.89 Å². The van der Waals surface area contributed by atoms with Crippen LogP contribution in [0.2, 0.25) is 0 Å². The van der Waals surface area contributed by atoms with Gasteiger partial charge < -0.3 is 9.73 Å². The van der Waals surface area contributed by atoms with Crippen molar-refractivity contribution in [2.75, 3.05) is 11.9 Å². The summed E-state index contributed by atoms with van der Waals surface area (Å²) in [6, 6.07) is 0.313. The monoisotopic (exact) mass is 252 g/mol. The van der Waals surface area contributed by atoms with Crippen LogP contribution in [0, 0.1) is 5.41 Å². The number of carbonyl (C=O) groups is 1. The first-order chi connectivity index (χ1) is 8.53. The average Bonchev–Trinajstić information content (AvgIpc) is 2.98. The molecular formula is C12H20N4O2. The van der Waals surface area contributed by atoms with E-state index in [9.17, 15) is 4.79 Å². The molecule has 1 aliphatic rings. The summed E-state index contributed by atoms with van der Waals surface area (Å²) in [7, 11) is 0. The second kappa shape index (κ2) is 5.06. The second-order valence-electron chi connectivity index (χ2n) is 5.29. The molecule has 1 saturated heterocycles. The largest absolute Gasteiger partial charge is 0.406 e. The van der Waals surface area contributed by atoms with Gasteiger partial charge in [-0.3, -0.25) is 10.1 Å². The van der Waals surface area contributed by atoms with Crippen molar-refractivity contribution in [3.63, 3.8) is 0 Å². The standard InChI is InChI=1S/C12H20N4O2/c1-4-12(2,3)10(17)14-11-16-15-9(18-11)8-6-5-7-13-8/h8,13H,4-7H2,1-3H3,(H,14,16,17). The molecule has 1 aliphatic heterocycles. The molecule has 1 aromatic rings. The summed E-state index contributed by atoms with van der Waals surface area (Å²) in [5, 5.41) is 13.8. The highest BCUT2D eigenvalue weighted by molar-refractivity contribution is 5.92. The van der Waals surface area contributed by atoms with Crippen molar-refractivity contribution in [3.05, 3.63) is 5.89 Å². The molecular weight excluding hydrogens is 232 g/mol. The van der Waals surface area contributed by atoms with E-state index in [1.165, 1.54) is 0 Å². The fourth-order valence-corrected chi connectivity index (χ4v) is 1.75. The van der Waals surface area contributed by atoms with E-state index in [0.717, 1.165) is 25.8 Å². The van der Waals surface area contributed by atoms with Crippen molar-refractivity contribution in [2.24, 2.45) is 5.41 Å². The Bertz CT molecular complexity index is 421. The summed E-state index contributed by atoms with van der Waals surface area (Å²) >= 11 is 0. The van der Waals surface area contributed by atoms with Crippen LogP contribution in [0.15, 0.2) is 4.42 Å². The van der Waals surface area contributed by atoms with Crippen LogP contribution in [0.25, 0.3) is 0 Å². The first kappa shape index (κ1) is 13.0. The fourth-order valence-electron chi connectivity index (χ4n) is 1.75. The Balaban J connectivity index is 2.00. The quantitative estimate of drug-likeness (QED) is 0.855. The minimum absolute atomic E-state index is 0.0976. The molecule has 6 nitrogen and oxygen atoms in total. The van der Waals surface area contributed by atoms with Crippen molar-refractivity contribution in [1.29, 1.82) is 0 Å². The van der Waals surface area contributed by atoms with Crippen LogP contribution in [0.3, 0.4) is 0 Å². The molecule has 1 amide bonds. The lowest BCUT2D eigenvalue weighted by Gasteiger charge is -2.19. The van der Waals surface area contributed by atoms with E-state index in [1.807, 2.05) is 20.8 Å². The van der Waals surface area contributed by atoms with Gasteiger partial charge in [0.15, 0.2) is 0 Å². The van der Waals surface area contributed by atoms with Gasteiger partial charge in [0, 0.05) is 5.41 Å². The van der Waals surface area contributed by atoms with Crippen LogP contribution in [0.1, 0.15) is 52.0 Å². The number of rotatable bonds is 4. The van der Waals surface area contributed by atoms with Gasteiger partial charge >= 0.3 is 6.01 Å². The number of hydrogen-bond acceptors (Lipinski definition) is 5. The number of anilines is 1. The molecule has 0 aliphatic carbocycles. The van der Waals surface area contributed by atoms with E-state index in [1.54, 1.807) is 0 Å². The molecule has 0 aromatic carbocycles. The fraction of sp³-hybridized carbons (Fsp3) is 0.750. The Kier molecular flexibility index (Phi) is 3.65. The summed E-state index contributed by atoms with van der Waals surface area (Å²) in [6.07, 6.45) is 2.86. The summed E-state index contributed by atoms with van der Waals surface area (Å²) in [5.41, 5.74) is -0.430. The smallest absolute Gasteiger partial charge is 0.322 e. The minimum Gasteiger partial charge on any atom is -0.406 e. The highest BCUT2D eigenvalue weighted by Crippen LogP contribution is 2.25. The Morgan fingerprint density at radius 1 is 1.56 bits per heavy atom. The Morgan fingerprint density at radius 2 is 2.33 bits per heavy atom. The molecule has 1 unspecified atom stereocenters. The third-order valence-electron chi connectivity index (χ3n) is 3.52. The molecule has 18 heavy (non-hydrogen) atoms. The third kappa shape index (κ3) is 2.69. The topological polar surface area (TPSA) is 80.0 Å². The second-order valence-corrected chi connectivity index (χ2v) is 5.29. The molecule has 2 rings (SSSR count). The molecule has 1 fully saturated rings. The molecule has 0 bridgehead atoms. The Morgan fingerprint density at radius 3 is 2.94 bits per heavy atom. The minimum atomic E-state index is -0.430. The van der Waals surface area contributed by atoms with Crippen LogP contribution in [-0.2, 0) is 4.79 Å². The predicted octanol–water partition coefficient (Wildman–Crippen LogP) is 1.87. The highest BCUT2D eigenvalue weighted by atomic mass is 16.4. The van der Waals surface area contributed by atoms with Gasteiger partial charge in [-0.2, -0.15) is 0 Å². The van der Waals surface area contributed by atoms with E-state index < -0.39 is 5.41 Å². The Hall–Kier alpha value is -1.43. The number of nitrogens with zero attached hydrogens (tertiary/aromatic N) is 2. The van der Waals surface area contributed by atoms with Gasteiger partial charge in [-0.05, 0) is 25.8 Å². The zero-order valence-electron chi connectivity index (χ0n) is 11.1. The number of hydrogen-bond donors (Lipinski definition) is 2. The normalized spacial score (nSPS) is 20.1. The lowest BCUT2D eigenvalue weighted by atomic mass is 9.89. The highest BCUT2D eigenvalue weighted by Gasteiger charge is 2.28. The van der Waals surface area contributed by atoms with E-state index in [4.69, 9.17) is 4.42 Å². The maximum Gasteiger partial charge on any atom is 0.322 e. The average molecular weight is 252 g/mol. The summed E-state index contributed by atoms with van der Waals surface area (Å²) < 4.78 is 5.46.